The largest absolute Gasteiger partial charge is 0.295 e. The fraction of sp³-hybridized carbons (Fsp3) is 0. The van der Waals surface area contributed by atoms with Crippen molar-refractivity contribution < 1.29 is 9.85 Å². The van der Waals surface area contributed by atoms with Gasteiger partial charge >= 0.3 is 0 Å². The molecule has 0 fully saturated rings. The highest BCUT2D eigenvalue weighted by atomic mass is 35.5. The number of nitrogens with zero attached hydrogens (tertiary/aromatic N) is 3. The highest BCUT2D eigenvalue weighted by molar-refractivity contribution is 6.29. The van der Waals surface area contributed by atoms with Crippen molar-refractivity contribution in [1.82, 2.24) is 4.98 Å². The first-order chi connectivity index (χ1) is 8.99. The van der Waals surface area contributed by atoms with Gasteiger partial charge in [0, 0.05) is 23.8 Å². The number of nitro benzene ring substituents is 1. The van der Waals surface area contributed by atoms with Crippen molar-refractivity contribution in [2.45, 2.75) is 0 Å². The molecular formula is C11H6ClN3O4. The summed E-state index contributed by atoms with van der Waals surface area (Å²) in [6.07, 6.45) is 0. The molecule has 0 aliphatic rings. The molecule has 0 N–H and O–H groups in total. The summed E-state index contributed by atoms with van der Waals surface area (Å²) in [6.45, 7) is 0. The second kappa shape index (κ2) is 4.99. The summed E-state index contributed by atoms with van der Waals surface area (Å²) < 4.78 is 0. The molecule has 1 aromatic carbocycles. The van der Waals surface area contributed by atoms with Gasteiger partial charge in [-0.1, -0.05) is 23.7 Å². The van der Waals surface area contributed by atoms with E-state index in [0.29, 0.717) is 0 Å². The van der Waals surface area contributed by atoms with Crippen molar-refractivity contribution in [3.05, 3.63) is 61.8 Å². The van der Waals surface area contributed by atoms with Crippen LogP contribution in [0.1, 0.15) is 0 Å². The third-order valence-corrected chi connectivity index (χ3v) is 2.58. The van der Waals surface area contributed by atoms with Crippen LogP contribution < -0.4 is 0 Å². The van der Waals surface area contributed by atoms with Crippen molar-refractivity contribution in [3.63, 3.8) is 0 Å². The number of nitro groups is 2. The van der Waals surface area contributed by atoms with Gasteiger partial charge in [0.2, 0.25) is 0 Å². The quantitative estimate of drug-likeness (QED) is 0.488. The normalized spacial score (nSPS) is 10.2. The second-order valence-corrected chi connectivity index (χ2v) is 3.95. The van der Waals surface area contributed by atoms with Gasteiger partial charge in [0.25, 0.3) is 11.4 Å². The van der Waals surface area contributed by atoms with E-state index in [4.69, 9.17) is 11.6 Å². The lowest BCUT2D eigenvalue weighted by Crippen LogP contribution is -1.96. The summed E-state index contributed by atoms with van der Waals surface area (Å²) in [5, 5.41) is 21.7. The lowest BCUT2D eigenvalue weighted by atomic mass is 10.1. The maximum atomic E-state index is 10.9. The third-order valence-electron chi connectivity index (χ3n) is 2.37. The molecule has 0 aliphatic heterocycles. The van der Waals surface area contributed by atoms with Gasteiger partial charge in [-0.15, -0.1) is 0 Å². The van der Waals surface area contributed by atoms with Gasteiger partial charge in [-0.25, -0.2) is 4.98 Å². The molecule has 0 radical (unpaired) electrons. The van der Waals surface area contributed by atoms with Crippen LogP contribution in [-0.2, 0) is 0 Å². The smallest absolute Gasteiger partial charge is 0.258 e. The van der Waals surface area contributed by atoms with Crippen LogP contribution in [0.5, 0.6) is 0 Å². The van der Waals surface area contributed by atoms with Crippen LogP contribution in [0, 0.1) is 20.2 Å². The highest BCUT2D eigenvalue weighted by Gasteiger charge is 2.19. The summed E-state index contributed by atoms with van der Waals surface area (Å²) >= 11 is 5.71. The highest BCUT2D eigenvalue weighted by Crippen LogP contribution is 2.31. The summed E-state index contributed by atoms with van der Waals surface area (Å²) in [6, 6.07) is 7.94. The van der Waals surface area contributed by atoms with Gasteiger partial charge in [0.05, 0.1) is 9.85 Å². The van der Waals surface area contributed by atoms with Gasteiger partial charge in [-0.05, 0) is 6.07 Å². The van der Waals surface area contributed by atoms with Crippen LogP contribution in [0.25, 0.3) is 11.3 Å². The van der Waals surface area contributed by atoms with E-state index in [0.717, 1.165) is 0 Å². The minimum Gasteiger partial charge on any atom is -0.258 e. The molecule has 7 nitrogen and oxygen atoms in total. The first-order valence-corrected chi connectivity index (χ1v) is 5.42. The molecule has 0 atom stereocenters. The Labute approximate surface area is 111 Å². The molecule has 0 saturated carbocycles. The minimum atomic E-state index is -0.614. The number of aromatic nitrogens is 1. The fourth-order valence-electron chi connectivity index (χ4n) is 1.55. The molecule has 0 aliphatic carbocycles. The molecular weight excluding hydrogens is 274 g/mol. The number of pyridine rings is 1. The van der Waals surface area contributed by atoms with Gasteiger partial charge in [0.1, 0.15) is 10.8 Å². The first-order valence-electron chi connectivity index (χ1n) is 5.05. The van der Waals surface area contributed by atoms with E-state index in [1.807, 2.05) is 0 Å². The Kier molecular flexibility index (Phi) is 3.39. The van der Waals surface area contributed by atoms with Crippen molar-refractivity contribution >= 4 is 23.0 Å². The van der Waals surface area contributed by atoms with Crippen LogP contribution in [0.3, 0.4) is 0 Å². The Morgan fingerprint density at radius 2 is 1.79 bits per heavy atom. The average Bonchev–Trinajstić information content (AvgIpc) is 2.38. The molecule has 0 unspecified atom stereocenters. The van der Waals surface area contributed by atoms with E-state index in [1.165, 1.54) is 36.4 Å². The maximum absolute atomic E-state index is 10.9. The van der Waals surface area contributed by atoms with Crippen LogP contribution in [0.4, 0.5) is 11.4 Å². The lowest BCUT2D eigenvalue weighted by molar-refractivity contribution is -0.385. The molecule has 0 saturated heterocycles. The molecule has 1 aromatic heterocycles. The molecule has 96 valence electrons. The van der Waals surface area contributed by atoms with Crippen LogP contribution in [0.2, 0.25) is 5.15 Å². The van der Waals surface area contributed by atoms with E-state index in [-0.39, 0.29) is 27.8 Å². The standard InChI is InChI=1S/C11H6ClN3O4/c12-10-5-4-9(15(18)19)11(13-10)7-2-1-3-8(6-7)14(16)17/h1-6H. The van der Waals surface area contributed by atoms with E-state index in [2.05, 4.69) is 4.98 Å². The van der Waals surface area contributed by atoms with Gasteiger partial charge < -0.3 is 0 Å². The molecule has 8 heteroatoms. The summed E-state index contributed by atoms with van der Waals surface area (Å²) in [5.41, 5.74) is -0.164. The molecule has 2 aromatic rings. The molecule has 0 amide bonds. The molecule has 19 heavy (non-hydrogen) atoms. The monoisotopic (exact) mass is 279 g/mol. The van der Waals surface area contributed by atoms with Crippen LogP contribution in [0.15, 0.2) is 36.4 Å². The Hall–Kier alpha value is -2.54. The van der Waals surface area contributed by atoms with Gasteiger partial charge in [0.15, 0.2) is 0 Å². The molecule has 2 rings (SSSR count). The summed E-state index contributed by atoms with van der Waals surface area (Å²) in [5.74, 6) is 0. The predicted octanol–water partition coefficient (Wildman–Crippen LogP) is 3.22. The zero-order chi connectivity index (χ0) is 14.0. The predicted molar refractivity (Wildman–Crippen MR) is 68.0 cm³/mol. The average molecular weight is 280 g/mol. The number of rotatable bonds is 3. The zero-order valence-corrected chi connectivity index (χ0v) is 10.1. The Balaban J connectivity index is 2.64. The van der Waals surface area contributed by atoms with Crippen molar-refractivity contribution in [3.8, 4) is 11.3 Å². The van der Waals surface area contributed by atoms with E-state index in [9.17, 15) is 20.2 Å². The molecule has 1 heterocycles. The number of non-ortho nitro benzene ring substituents is 1. The number of hydrogen-bond donors (Lipinski definition) is 0. The fourth-order valence-corrected chi connectivity index (χ4v) is 1.70. The molecule has 0 bridgehead atoms. The zero-order valence-electron chi connectivity index (χ0n) is 9.32. The van der Waals surface area contributed by atoms with Crippen molar-refractivity contribution in [1.29, 1.82) is 0 Å². The Morgan fingerprint density at radius 3 is 2.42 bits per heavy atom. The lowest BCUT2D eigenvalue weighted by Gasteiger charge is -2.02. The summed E-state index contributed by atoms with van der Waals surface area (Å²) in [4.78, 5) is 24.3. The van der Waals surface area contributed by atoms with Gasteiger partial charge in [-0.2, -0.15) is 0 Å². The van der Waals surface area contributed by atoms with E-state index < -0.39 is 9.85 Å². The van der Waals surface area contributed by atoms with Crippen LogP contribution >= 0.6 is 11.6 Å². The topological polar surface area (TPSA) is 99.2 Å². The maximum Gasteiger partial charge on any atom is 0.295 e. The third kappa shape index (κ3) is 2.66. The van der Waals surface area contributed by atoms with Crippen molar-refractivity contribution in [2.24, 2.45) is 0 Å². The van der Waals surface area contributed by atoms with E-state index >= 15 is 0 Å². The second-order valence-electron chi connectivity index (χ2n) is 3.57. The number of halogens is 1. The number of hydrogen-bond acceptors (Lipinski definition) is 5. The minimum absolute atomic E-state index is 0.00111. The Bertz CT molecular complexity index is 675. The summed E-state index contributed by atoms with van der Waals surface area (Å²) in [7, 11) is 0. The van der Waals surface area contributed by atoms with Crippen molar-refractivity contribution in [2.75, 3.05) is 0 Å². The van der Waals surface area contributed by atoms with Crippen LogP contribution in [-0.4, -0.2) is 14.8 Å². The van der Waals surface area contributed by atoms with E-state index in [1.54, 1.807) is 0 Å². The SMILES string of the molecule is O=[N+]([O-])c1cccc(-c2nc(Cl)ccc2[N+](=O)[O-])c1. The first kappa shape index (κ1) is 12.9. The van der Waals surface area contributed by atoms with Gasteiger partial charge in [-0.3, -0.25) is 20.2 Å². The Morgan fingerprint density at radius 1 is 1.05 bits per heavy atom. The molecule has 0 spiro atoms. The number of benzene rings is 1.